The van der Waals surface area contributed by atoms with Gasteiger partial charge in [-0.25, -0.2) is 0 Å². The molecule has 1 aromatic rings. The van der Waals surface area contributed by atoms with Crippen molar-refractivity contribution in [3.05, 3.63) is 34.9 Å². The first kappa shape index (κ1) is 11.5. The summed E-state index contributed by atoms with van der Waals surface area (Å²) >= 11 is 6.04. The average molecular weight is 237 g/mol. The van der Waals surface area contributed by atoms with Gasteiger partial charge in [0, 0.05) is 16.9 Å². The lowest BCUT2D eigenvalue weighted by atomic mass is 9.76. The van der Waals surface area contributed by atoms with Crippen molar-refractivity contribution in [1.82, 2.24) is 0 Å². The van der Waals surface area contributed by atoms with E-state index in [1.807, 2.05) is 18.2 Å². The van der Waals surface area contributed by atoms with Crippen molar-refractivity contribution in [2.75, 3.05) is 0 Å². The lowest BCUT2D eigenvalue weighted by Gasteiger charge is -2.29. The largest absolute Gasteiger partial charge is 0.388 e. The van der Waals surface area contributed by atoms with Crippen molar-refractivity contribution in [1.29, 1.82) is 5.41 Å². The first-order chi connectivity index (χ1) is 7.62. The highest BCUT2D eigenvalue weighted by atomic mass is 35.5. The Bertz CT molecular complexity index is 395. The van der Waals surface area contributed by atoms with E-state index in [1.54, 1.807) is 0 Å². The molecule has 1 fully saturated rings. The van der Waals surface area contributed by atoms with Crippen molar-refractivity contribution in [2.45, 2.75) is 37.5 Å². The van der Waals surface area contributed by atoms with Crippen molar-refractivity contribution in [3.63, 3.8) is 0 Å². The van der Waals surface area contributed by atoms with E-state index in [4.69, 9.17) is 22.7 Å². The summed E-state index contributed by atoms with van der Waals surface area (Å²) < 4.78 is 0. The maximum atomic E-state index is 7.53. The van der Waals surface area contributed by atoms with Gasteiger partial charge in [-0.3, -0.25) is 5.41 Å². The number of nitrogens with two attached hydrogens (primary N) is 1. The van der Waals surface area contributed by atoms with Crippen LogP contribution in [-0.4, -0.2) is 5.84 Å². The molecule has 16 heavy (non-hydrogen) atoms. The van der Waals surface area contributed by atoms with Gasteiger partial charge in [-0.2, -0.15) is 0 Å². The number of nitrogens with one attached hydrogen (secondary N) is 1. The first-order valence-corrected chi connectivity index (χ1v) is 6.09. The van der Waals surface area contributed by atoms with Crippen LogP contribution in [0.25, 0.3) is 0 Å². The quantitative estimate of drug-likeness (QED) is 0.613. The lowest BCUT2D eigenvalue weighted by molar-refractivity contribution is 0.457. The Morgan fingerprint density at radius 2 is 2.06 bits per heavy atom. The topological polar surface area (TPSA) is 49.9 Å². The molecule has 1 aliphatic rings. The summed E-state index contributed by atoms with van der Waals surface area (Å²) in [6.07, 6.45) is 5.34. The Labute approximate surface area is 101 Å². The molecule has 1 saturated carbocycles. The molecule has 0 radical (unpaired) electrons. The summed E-state index contributed by atoms with van der Waals surface area (Å²) in [6.45, 7) is 0. The van der Waals surface area contributed by atoms with E-state index in [9.17, 15) is 0 Å². The number of hydrogen-bond donors (Lipinski definition) is 2. The van der Waals surface area contributed by atoms with E-state index in [0.717, 1.165) is 17.9 Å². The molecular weight excluding hydrogens is 220 g/mol. The smallest absolute Gasteiger partial charge is 0.0914 e. The highest BCUT2D eigenvalue weighted by Gasteiger charge is 2.36. The van der Waals surface area contributed by atoms with Gasteiger partial charge in [-0.05, 0) is 30.5 Å². The Hall–Kier alpha value is -1.02. The van der Waals surface area contributed by atoms with Crippen LogP contribution in [0.4, 0.5) is 0 Å². The Morgan fingerprint density at radius 1 is 1.38 bits per heavy atom. The van der Waals surface area contributed by atoms with E-state index in [-0.39, 0.29) is 11.3 Å². The third-order valence-electron chi connectivity index (χ3n) is 3.53. The molecular formula is C13H17ClN2. The van der Waals surface area contributed by atoms with Gasteiger partial charge in [0.1, 0.15) is 0 Å². The molecule has 1 aromatic carbocycles. The van der Waals surface area contributed by atoms with Crippen molar-refractivity contribution in [2.24, 2.45) is 5.73 Å². The molecule has 0 aliphatic heterocycles. The zero-order chi connectivity index (χ0) is 11.6. The minimum atomic E-state index is 0.0662. The first-order valence-electron chi connectivity index (χ1n) is 5.71. The van der Waals surface area contributed by atoms with Crippen LogP contribution in [0.15, 0.2) is 24.3 Å². The maximum absolute atomic E-state index is 7.53. The summed E-state index contributed by atoms with van der Waals surface area (Å²) in [5.74, 6) is 0.280. The molecule has 0 amide bonds. The number of halogens is 1. The molecule has 0 heterocycles. The van der Waals surface area contributed by atoms with Crippen LogP contribution in [-0.2, 0) is 5.41 Å². The molecule has 0 atom stereocenters. The van der Waals surface area contributed by atoms with E-state index >= 15 is 0 Å². The van der Waals surface area contributed by atoms with Crippen molar-refractivity contribution >= 4 is 17.4 Å². The third kappa shape index (κ3) is 2.22. The van der Waals surface area contributed by atoms with Crippen LogP contribution < -0.4 is 5.73 Å². The molecule has 1 aliphatic carbocycles. The predicted molar refractivity (Wildman–Crippen MR) is 68.1 cm³/mol. The van der Waals surface area contributed by atoms with Gasteiger partial charge in [0.2, 0.25) is 0 Å². The number of amidine groups is 1. The molecule has 86 valence electrons. The van der Waals surface area contributed by atoms with Gasteiger partial charge in [0.05, 0.1) is 5.84 Å². The Morgan fingerprint density at radius 3 is 2.62 bits per heavy atom. The second-order valence-electron chi connectivity index (χ2n) is 4.70. The van der Waals surface area contributed by atoms with Crippen LogP contribution in [0.1, 0.15) is 37.7 Å². The zero-order valence-corrected chi connectivity index (χ0v) is 10.1. The zero-order valence-electron chi connectivity index (χ0n) is 9.30. The second kappa shape index (κ2) is 4.46. The minimum absolute atomic E-state index is 0.0662. The number of benzene rings is 1. The molecule has 0 spiro atoms. The van der Waals surface area contributed by atoms with Crippen LogP contribution in [0.5, 0.6) is 0 Å². The number of hydrogen-bond acceptors (Lipinski definition) is 1. The summed E-state index contributed by atoms with van der Waals surface area (Å²) in [5, 5.41) is 8.30. The van der Waals surface area contributed by atoms with Crippen LogP contribution in [0, 0.1) is 5.41 Å². The Kier molecular flexibility index (Phi) is 3.20. The Balaban J connectivity index is 2.35. The molecule has 0 unspecified atom stereocenters. The maximum Gasteiger partial charge on any atom is 0.0914 e. The normalized spacial score (nSPS) is 18.6. The molecule has 3 N–H and O–H groups in total. The van der Waals surface area contributed by atoms with Crippen LogP contribution in [0.3, 0.4) is 0 Å². The SMILES string of the molecule is N=C(N)CC1(c2cccc(Cl)c2)CCCC1. The summed E-state index contributed by atoms with van der Waals surface area (Å²) in [4.78, 5) is 0. The fourth-order valence-corrected chi connectivity index (χ4v) is 2.99. The van der Waals surface area contributed by atoms with Gasteiger partial charge in [-0.15, -0.1) is 0 Å². The molecule has 2 nitrogen and oxygen atoms in total. The van der Waals surface area contributed by atoms with E-state index in [0.29, 0.717) is 6.42 Å². The van der Waals surface area contributed by atoms with Crippen molar-refractivity contribution < 1.29 is 0 Å². The molecule has 3 heteroatoms. The second-order valence-corrected chi connectivity index (χ2v) is 5.14. The highest BCUT2D eigenvalue weighted by Crippen LogP contribution is 2.44. The van der Waals surface area contributed by atoms with Gasteiger partial charge in [-0.1, -0.05) is 36.6 Å². The van der Waals surface area contributed by atoms with Gasteiger partial charge in [0.15, 0.2) is 0 Å². The number of rotatable bonds is 3. The van der Waals surface area contributed by atoms with Crippen molar-refractivity contribution in [3.8, 4) is 0 Å². The molecule has 2 rings (SSSR count). The monoisotopic (exact) mass is 236 g/mol. The summed E-state index contributed by atoms with van der Waals surface area (Å²) in [7, 11) is 0. The van der Waals surface area contributed by atoms with Gasteiger partial charge in [0.25, 0.3) is 0 Å². The summed E-state index contributed by atoms with van der Waals surface area (Å²) in [6, 6.07) is 8.01. The van der Waals surface area contributed by atoms with E-state index in [1.165, 1.54) is 18.4 Å². The molecule has 0 bridgehead atoms. The average Bonchev–Trinajstić information content (AvgIpc) is 2.66. The van der Waals surface area contributed by atoms with Crippen LogP contribution >= 0.6 is 11.6 Å². The molecule has 0 saturated heterocycles. The minimum Gasteiger partial charge on any atom is -0.388 e. The highest BCUT2D eigenvalue weighted by molar-refractivity contribution is 6.30. The fraction of sp³-hybridized carbons (Fsp3) is 0.462. The van der Waals surface area contributed by atoms with E-state index < -0.39 is 0 Å². The molecule has 0 aromatic heterocycles. The van der Waals surface area contributed by atoms with Crippen LogP contribution in [0.2, 0.25) is 5.02 Å². The van der Waals surface area contributed by atoms with Gasteiger partial charge >= 0.3 is 0 Å². The summed E-state index contributed by atoms with van der Waals surface area (Å²) in [5.41, 5.74) is 6.89. The fourth-order valence-electron chi connectivity index (χ4n) is 2.80. The predicted octanol–water partition coefficient (Wildman–Crippen LogP) is 3.48. The third-order valence-corrected chi connectivity index (χ3v) is 3.76. The lowest BCUT2D eigenvalue weighted by Crippen LogP contribution is -2.29. The van der Waals surface area contributed by atoms with E-state index in [2.05, 4.69) is 6.07 Å². The van der Waals surface area contributed by atoms with Gasteiger partial charge < -0.3 is 5.73 Å². The standard InChI is InChI=1S/C13H17ClN2/c14-11-5-3-4-10(8-11)13(9-12(15)16)6-1-2-7-13/h3-5,8H,1-2,6-7,9H2,(H3,15,16).